The van der Waals surface area contributed by atoms with Gasteiger partial charge in [0.1, 0.15) is 12.4 Å². The first-order valence-corrected chi connectivity index (χ1v) is 6.58. The van der Waals surface area contributed by atoms with Crippen LogP contribution in [0.3, 0.4) is 0 Å². The molecule has 5 nitrogen and oxygen atoms in total. The summed E-state index contributed by atoms with van der Waals surface area (Å²) in [6.45, 7) is 7.05. The van der Waals surface area contributed by atoms with Gasteiger partial charge in [-0.05, 0) is 31.6 Å². The second-order valence-electron chi connectivity index (χ2n) is 4.54. The normalized spacial score (nSPS) is 12.9. The number of carbonyl (C=O) groups excluding carboxylic acids is 2. The molecule has 0 aliphatic rings. The lowest BCUT2D eigenvalue weighted by Crippen LogP contribution is -2.42. The summed E-state index contributed by atoms with van der Waals surface area (Å²) in [4.78, 5) is 24.0. The molecule has 0 bridgehead atoms. The fraction of sp³-hybridized carbons (Fsp3) is 0.375. The first kappa shape index (κ1) is 16.8. The average Bonchev–Trinajstić information content (AvgIpc) is 2.52. The topological polar surface area (TPSA) is 61.8 Å². The minimum absolute atomic E-state index is 0.00836. The third-order valence-electron chi connectivity index (χ3n) is 3.14. The number of hydrogen-bond donors (Lipinski definition) is 0. The first-order chi connectivity index (χ1) is 9.96. The van der Waals surface area contributed by atoms with Gasteiger partial charge >= 0.3 is 11.9 Å². The molecule has 114 valence electrons. The average molecular weight is 292 g/mol. The van der Waals surface area contributed by atoms with Crippen molar-refractivity contribution in [1.82, 2.24) is 0 Å². The SMILES string of the molecule is C=C(COc1ccccc1)C(C)(C(=O)OC)C(=O)OCC. The van der Waals surface area contributed by atoms with Gasteiger partial charge in [0.2, 0.25) is 0 Å². The highest BCUT2D eigenvalue weighted by molar-refractivity contribution is 6.03. The third-order valence-corrected chi connectivity index (χ3v) is 3.14. The molecule has 1 atom stereocenters. The molecular formula is C16H20O5. The summed E-state index contributed by atoms with van der Waals surface area (Å²) in [6.07, 6.45) is 0. The molecule has 0 amide bonds. The van der Waals surface area contributed by atoms with E-state index in [0.29, 0.717) is 5.75 Å². The molecule has 5 heteroatoms. The molecule has 0 radical (unpaired) electrons. The highest BCUT2D eigenvalue weighted by Gasteiger charge is 2.46. The lowest BCUT2D eigenvalue weighted by molar-refractivity contribution is -0.166. The maximum Gasteiger partial charge on any atom is 0.327 e. The van der Waals surface area contributed by atoms with Gasteiger partial charge in [-0.15, -0.1) is 0 Å². The number of esters is 2. The number of ether oxygens (including phenoxy) is 3. The Morgan fingerprint density at radius 3 is 2.33 bits per heavy atom. The maximum absolute atomic E-state index is 12.1. The van der Waals surface area contributed by atoms with E-state index in [-0.39, 0.29) is 18.8 Å². The zero-order valence-corrected chi connectivity index (χ0v) is 12.5. The van der Waals surface area contributed by atoms with Crippen molar-refractivity contribution < 1.29 is 23.8 Å². The molecule has 0 aromatic heterocycles. The van der Waals surface area contributed by atoms with Gasteiger partial charge in [-0.25, -0.2) is 0 Å². The zero-order chi connectivity index (χ0) is 15.9. The van der Waals surface area contributed by atoms with Gasteiger partial charge < -0.3 is 14.2 Å². The molecule has 1 rings (SSSR count). The molecule has 0 spiro atoms. The van der Waals surface area contributed by atoms with Crippen LogP contribution in [-0.4, -0.2) is 32.3 Å². The zero-order valence-electron chi connectivity index (χ0n) is 12.5. The van der Waals surface area contributed by atoms with Gasteiger partial charge in [0.15, 0.2) is 5.41 Å². The molecule has 0 N–H and O–H groups in total. The van der Waals surface area contributed by atoms with Crippen LogP contribution in [0.25, 0.3) is 0 Å². The quantitative estimate of drug-likeness (QED) is 0.438. The predicted molar refractivity (Wildman–Crippen MR) is 77.8 cm³/mol. The fourth-order valence-corrected chi connectivity index (χ4v) is 1.68. The number of methoxy groups -OCH3 is 1. The third kappa shape index (κ3) is 3.84. The molecule has 1 aromatic carbocycles. The van der Waals surface area contributed by atoms with Crippen molar-refractivity contribution in [3.05, 3.63) is 42.5 Å². The lowest BCUT2D eigenvalue weighted by Gasteiger charge is -2.26. The van der Waals surface area contributed by atoms with Crippen molar-refractivity contribution in [1.29, 1.82) is 0 Å². The van der Waals surface area contributed by atoms with Gasteiger partial charge in [0.25, 0.3) is 0 Å². The van der Waals surface area contributed by atoms with Crippen molar-refractivity contribution in [3.8, 4) is 5.75 Å². The Bertz CT molecular complexity index is 509. The Labute approximate surface area is 124 Å². The Morgan fingerprint density at radius 2 is 1.81 bits per heavy atom. The van der Waals surface area contributed by atoms with E-state index >= 15 is 0 Å². The van der Waals surface area contributed by atoms with E-state index in [1.165, 1.54) is 14.0 Å². The minimum Gasteiger partial charge on any atom is -0.489 e. The molecule has 0 aliphatic carbocycles. The summed E-state index contributed by atoms with van der Waals surface area (Å²) in [5.74, 6) is -0.796. The Hall–Kier alpha value is -2.30. The van der Waals surface area contributed by atoms with E-state index in [0.717, 1.165) is 0 Å². The van der Waals surface area contributed by atoms with Crippen LogP contribution < -0.4 is 4.74 Å². The van der Waals surface area contributed by atoms with Gasteiger partial charge in [0, 0.05) is 0 Å². The van der Waals surface area contributed by atoms with Crippen molar-refractivity contribution in [3.63, 3.8) is 0 Å². The standard InChI is InChI=1S/C16H20O5/c1-5-20-15(18)16(3,14(17)19-4)12(2)11-21-13-9-7-6-8-10-13/h6-10H,2,5,11H2,1,3-4H3. The molecule has 0 saturated carbocycles. The van der Waals surface area contributed by atoms with Crippen molar-refractivity contribution in [2.24, 2.45) is 5.41 Å². The van der Waals surface area contributed by atoms with Crippen LogP contribution in [-0.2, 0) is 19.1 Å². The monoisotopic (exact) mass is 292 g/mol. The molecular weight excluding hydrogens is 272 g/mol. The van der Waals surface area contributed by atoms with Crippen LogP contribution >= 0.6 is 0 Å². The van der Waals surface area contributed by atoms with Crippen LogP contribution in [0.1, 0.15) is 13.8 Å². The number of hydrogen-bond acceptors (Lipinski definition) is 5. The van der Waals surface area contributed by atoms with E-state index < -0.39 is 17.4 Å². The second-order valence-corrected chi connectivity index (χ2v) is 4.54. The van der Waals surface area contributed by atoms with Gasteiger partial charge in [-0.2, -0.15) is 0 Å². The molecule has 0 aliphatic heterocycles. The fourth-order valence-electron chi connectivity index (χ4n) is 1.68. The van der Waals surface area contributed by atoms with Gasteiger partial charge in [0.05, 0.1) is 13.7 Å². The van der Waals surface area contributed by atoms with Gasteiger partial charge in [-0.1, -0.05) is 24.8 Å². The molecule has 0 saturated heterocycles. The highest BCUT2D eigenvalue weighted by Crippen LogP contribution is 2.30. The Morgan fingerprint density at radius 1 is 1.19 bits per heavy atom. The highest BCUT2D eigenvalue weighted by atomic mass is 16.6. The molecule has 1 aromatic rings. The van der Waals surface area contributed by atoms with Crippen LogP contribution in [0.5, 0.6) is 5.75 Å². The van der Waals surface area contributed by atoms with Crippen LogP contribution in [0.4, 0.5) is 0 Å². The first-order valence-electron chi connectivity index (χ1n) is 6.58. The second kappa shape index (κ2) is 7.47. The van der Waals surface area contributed by atoms with E-state index in [2.05, 4.69) is 6.58 Å². The number of benzene rings is 1. The van der Waals surface area contributed by atoms with E-state index in [4.69, 9.17) is 14.2 Å². The largest absolute Gasteiger partial charge is 0.489 e. The number of carbonyl (C=O) groups is 2. The summed E-state index contributed by atoms with van der Waals surface area (Å²) < 4.78 is 15.2. The van der Waals surface area contributed by atoms with Crippen LogP contribution in [0.15, 0.2) is 42.5 Å². The summed E-state index contributed by atoms with van der Waals surface area (Å²) in [7, 11) is 1.21. The van der Waals surface area contributed by atoms with Gasteiger partial charge in [-0.3, -0.25) is 9.59 Å². The minimum atomic E-state index is -1.58. The summed E-state index contributed by atoms with van der Waals surface area (Å²) in [6, 6.07) is 9.05. The Kier molecular flexibility index (Phi) is 5.96. The molecule has 1 unspecified atom stereocenters. The predicted octanol–water partition coefficient (Wildman–Crippen LogP) is 2.36. The van der Waals surface area contributed by atoms with E-state index in [9.17, 15) is 9.59 Å². The summed E-state index contributed by atoms with van der Waals surface area (Å²) in [5.41, 5.74) is -1.31. The molecule has 0 heterocycles. The number of para-hydroxylation sites is 1. The van der Waals surface area contributed by atoms with Crippen molar-refractivity contribution in [2.75, 3.05) is 20.3 Å². The summed E-state index contributed by atoms with van der Waals surface area (Å²) >= 11 is 0. The van der Waals surface area contributed by atoms with Crippen LogP contribution in [0.2, 0.25) is 0 Å². The van der Waals surface area contributed by atoms with Crippen molar-refractivity contribution in [2.45, 2.75) is 13.8 Å². The molecule has 21 heavy (non-hydrogen) atoms. The van der Waals surface area contributed by atoms with Crippen molar-refractivity contribution >= 4 is 11.9 Å². The van der Waals surface area contributed by atoms with E-state index in [1.807, 2.05) is 18.2 Å². The van der Waals surface area contributed by atoms with Crippen LogP contribution in [0, 0.1) is 5.41 Å². The lowest BCUT2D eigenvalue weighted by atomic mass is 9.83. The smallest absolute Gasteiger partial charge is 0.327 e. The molecule has 0 fully saturated rings. The number of rotatable bonds is 7. The Balaban J connectivity index is 2.86. The summed E-state index contributed by atoms with van der Waals surface area (Å²) in [5, 5.41) is 0. The maximum atomic E-state index is 12.1. The van der Waals surface area contributed by atoms with E-state index in [1.54, 1.807) is 19.1 Å².